The highest BCUT2D eigenvalue weighted by Crippen LogP contribution is 2.38. The Morgan fingerprint density at radius 1 is 0.279 bits per heavy atom. The van der Waals surface area contributed by atoms with Crippen LogP contribution in [-0.2, 0) is 94.9 Å². The van der Waals surface area contributed by atoms with Crippen molar-refractivity contribution in [2.24, 2.45) is 47.3 Å². The zero-order valence-electron chi connectivity index (χ0n) is 81.8. The molecule has 3 fully saturated rings. The first-order valence-electron chi connectivity index (χ1n) is 49.2. The molecule has 136 heavy (non-hydrogen) atoms. The summed E-state index contributed by atoms with van der Waals surface area (Å²) in [5, 5.41) is 13.2. The Kier molecular flexibility index (Phi) is 47.5. The van der Waals surface area contributed by atoms with Gasteiger partial charge in [-0.25, -0.2) is 28.8 Å². The van der Waals surface area contributed by atoms with Crippen LogP contribution >= 0.6 is 0 Å². The molecule has 3 aliphatic rings. The van der Waals surface area contributed by atoms with E-state index in [4.69, 9.17) is 80.5 Å². The lowest BCUT2D eigenvalue weighted by atomic mass is 9.91. The fraction of sp³-hybridized carbons (Fsp3) is 0.587. The van der Waals surface area contributed by atoms with Gasteiger partial charge in [0.25, 0.3) is 0 Å². The topological polar surface area (TPSA) is 331 Å². The number of hydrogen-bond acceptors (Lipinski definition) is 27. The van der Waals surface area contributed by atoms with E-state index in [1.54, 1.807) is 109 Å². The lowest BCUT2D eigenvalue weighted by Gasteiger charge is -2.47. The average molecular weight is 1890 g/mol. The molecule has 0 spiro atoms. The van der Waals surface area contributed by atoms with Gasteiger partial charge in [0.05, 0.1) is 59.8 Å². The zero-order chi connectivity index (χ0) is 97.8. The van der Waals surface area contributed by atoms with Gasteiger partial charge >= 0.3 is 53.7 Å². The van der Waals surface area contributed by atoms with Crippen LogP contribution in [0.5, 0.6) is 0 Å². The van der Waals surface area contributed by atoms with Crippen molar-refractivity contribution in [3.05, 3.63) is 215 Å². The summed E-state index contributed by atoms with van der Waals surface area (Å²) >= 11 is 0. The molecule has 0 aliphatic carbocycles. The first-order valence-corrected chi connectivity index (χ1v) is 49.2. The van der Waals surface area contributed by atoms with Gasteiger partial charge in [0.15, 0.2) is 67.7 Å². The van der Waals surface area contributed by atoms with E-state index < -0.39 is 172 Å². The van der Waals surface area contributed by atoms with Crippen LogP contribution in [-0.4, -0.2) is 203 Å². The minimum absolute atomic E-state index is 0.00449. The van der Waals surface area contributed by atoms with Gasteiger partial charge in [-0.3, -0.25) is 14.4 Å². The number of aliphatic hydroxyl groups is 1. The number of carbonyl (C=O) groups is 9. The summed E-state index contributed by atoms with van der Waals surface area (Å²) in [5.41, 5.74) is 0.0640. The van der Waals surface area contributed by atoms with Gasteiger partial charge in [0.1, 0.15) is 37.1 Å². The third kappa shape index (κ3) is 37.8. The second-order valence-electron chi connectivity index (χ2n) is 38.1. The van der Waals surface area contributed by atoms with Crippen molar-refractivity contribution in [2.45, 2.75) is 317 Å². The highest BCUT2D eigenvalue weighted by Gasteiger charge is 2.58. The summed E-state index contributed by atoms with van der Waals surface area (Å²) in [6.07, 6.45) is -5.72. The number of ether oxygens (including phenoxy) is 17. The van der Waals surface area contributed by atoms with Crippen molar-refractivity contribution < 1.29 is 129 Å². The molecule has 0 radical (unpaired) electrons. The van der Waals surface area contributed by atoms with Gasteiger partial charge in [0.2, 0.25) is 0 Å². The molecule has 1 N–H and O–H groups in total. The molecule has 0 bridgehead atoms. The number of benzene rings is 6. The largest absolute Gasteiger partial charge is 0.463 e. The van der Waals surface area contributed by atoms with Gasteiger partial charge < -0.3 is 85.6 Å². The molecule has 22 atom stereocenters. The van der Waals surface area contributed by atoms with Gasteiger partial charge in [0, 0.05) is 34.0 Å². The third-order valence-electron chi connectivity index (χ3n) is 25.2. The number of rotatable bonds is 58. The second kappa shape index (κ2) is 58.8. The van der Waals surface area contributed by atoms with Gasteiger partial charge in [-0.2, -0.15) is 0 Å². The summed E-state index contributed by atoms with van der Waals surface area (Å²) in [6.45, 7) is 24.4. The molecule has 9 rings (SSSR count). The van der Waals surface area contributed by atoms with Crippen molar-refractivity contribution in [2.75, 3.05) is 46.2 Å². The molecule has 0 saturated carbocycles. The van der Waals surface area contributed by atoms with E-state index in [2.05, 4.69) is 69.2 Å². The molecular weight excluding hydrogens is 1740 g/mol. The van der Waals surface area contributed by atoms with E-state index in [0.29, 0.717) is 43.3 Å². The van der Waals surface area contributed by atoms with Gasteiger partial charge in [-0.05, 0) is 133 Å². The van der Waals surface area contributed by atoms with E-state index >= 15 is 0 Å². The number of carbonyl (C=O) groups excluding carboxylic acids is 9. The van der Waals surface area contributed by atoms with E-state index in [9.17, 15) is 48.3 Å². The summed E-state index contributed by atoms with van der Waals surface area (Å²) in [4.78, 5) is 128. The molecule has 3 heterocycles. The molecule has 3 aliphatic heterocycles. The summed E-state index contributed by atoms with van der Waals surface area (Å²) in [6, 6.07) is 46.6. The number of aliphatic hydroxyl groups excluding tert-OH is 1. The zero-order valence-corrected chi connectivity index (χ0v) is 81.8. The second-order valence-corrected chi connectivity index (χ2v) is 38.1. The predicted molar refractivity (Wildman–Crippen MR) is 509 cm³/mol. The number of esters is 9. The first-order chi connectivity index (χ1) is 65.5. The van der Waals surface area contributed by atoms with Crippen molar-refractivity contribution in [3.63, 3.8) is 0 Å². The smallest absolute Gasteiger partial charge is 0.338 e. The van der Waals surface area contributed by atoms with Crippen LogP contribution in [0.1, 0.15) is 281 Å². The van der Waals surface area contributed by atoms with Crippen molar-refractivity contribution in [1.29, 1.82) is 0 Å². The Balaban J connectivity index is 1.06. The SMILES string of the molecule is CC(=O)OC[C@H]1O[C@@H](OC[C@H]2O[C@@H](OC[C@H]3O[C@@H](OCC(COCCC(C)CCCC(C)CCCC(C)CCCC(C)C)OCCC(C)CCCC(C)CCCC(C)CCCC(C)C)[C@H](OC(=O)c4ccccc4)[C@@H](OC(=O)c4ccccc4)[C@@H]3O)[C@H](OC(=O)c3ccccc3)[C@@H](OC(=O)c3ccccc3)[C@@H]2OC(C)=O)[C@H](OC(=O)c2ccccc2)[C@@H](OC(=O)c2ccccc2)[C@@H]1OC(C)=O. The predicted octanol–water partition coefficient (Wildman–Crippen LogP) is 19.7. The van der Waals surface area contributed by atoms with E-state index in [1.807, 2.05) is 0 Å². The van der Waals surface area contributed by atoms with Crippen molar-refractivity contribution in [3.8, 4) is 0 Å². The molecule has 7 unspecified atom stereocenters. The lowest BCUT2D eigenvalue weighted by Crippen LogP contribution is -2.65. The minimum Gasteiger partial charge on any atom is -0.463 e. The molecule has 0 aromatic heterocycles. The standard InChI is InChI=1S/C109H148O27/c1-71(2)38-32-40-73(5)42-34-44-75(7)46-36-48-77(9)62-64-120-66-88(121-65-63-78(10)49-37-47-76(8)45-35-43-74(6)41-33-39-72(3)4)67-123-107-98(134-104(117)85-56-26-17-27-57-85)95(131-101(114)82-50-20-14-21-51-82)92(113)89(128-107)68-124-108-99(135-105(118)86-58-28-18-29-59-86)97(133-103(116)84-54-24-16-25-55-84)94(127-81(13)112)91(130-108)70-125-109-100(136-106(119)87-60-30-19-31-61-87)96(132-102(115)83-52-22-15-23-53-83)93(126-80(12)111)90(129-109)69-122-79(11)110/h14-31,50-61,71-78,88-100,107-109,113H,32-49,62-70H2,1-13H3/t73?,74?,75?,76?,77?,78?,88?,89-,90-,91-,92-,93-,94-,95+,96+,97+,98-,99-,100-,107-,108-,109-/m1/s1. The monoisotopic (exact) mass is 1890 g/mol. The highest BCUT2D eigenvalue weighted by molar-refractivity contribution is 5.92. The van der Waals surface area contributed by atoms with Crippen LogP contribution in [0, 0.1) is 47.3 Å². The van der Waals surface area contributed by atoms with E-state index in [0.717, 1.165) is 89.4 Å². The van der Waals surface area contributed by atoms with Gasteiger partial charge in [-0.15, -0.1) is 0 Å². The minimum atomic E-state index is -2.05. The Hall–Kier alpha value is -9.81. The average Bonchev–Trinajstić information content (AvgIpc) is 0.840. The Bertz CT molecular complexity index is 4490. The van der Waals surface area contributed by atoms with Gasteiger partial charge in [-0.1, -0.05) is 294 Å². The number of hydrogen-bond donors (Lipinski definition) is 1. The maximum Gasteiger partial charge on any atom is 0.338 e. The third-order valence-corrected chi connectivity index (χ3v) is 25.2. The molecule has 6 aromatic carbocycles. The fourth-order valence-electron chi connectivity index (χ4n) is 17.2. The summed E-state index contributed by atoms with van der Waals surface area (Å²) in [7, 11) is 0. The molecule has 3 saturated heterocycles. The molecule has 27 nitrogen and oxygen atoms in total. The molecule has 0 amide bonds. The summed E-state index contributed by atoms with van der Waals surface area (Å²) < 4.78 is 109. The maximum absolute atomic E-state index is 14.9. The fourth-order valence-corrected chi connectivity index (χ4v) is 17.2. The van der Waals surface area contributed by atoms with Crippen LogP contribution < -0.4 is 0 Å². The molecule has 746 valence electrons. The van der Waals surface area contributed by atoms with Crippen molar-refractivity contribution >= 4 is 53.7 Å². The quantitative estimate of drug-likeness (QED) is 0.0210. The Morgan fingerprint density at radius 3 is 0.860 bits per heavy atom. The summed E-state index contributed by atoms with van der Waals surface area (Å²) in [5.74, 6) is -3.94. The van der Waals surface area contributed by atoms with Crippen LogP contribution in [0.3, 0.4) is 0 Å². The first kappa shape index (κ1) is 110. The normalized spacial score (nSPS) is 23.2. The molecule has 27 heteroatoms. The highest BCUT2D eigenvalue weighted by atomic mass is 16.8. The maximum atomic E-state index is 14.9. The van der Waals surface area contributed by atoms with Crippen LogP contribution in [0.4, 0.5) is 0 Å². The Morgan fingerprint density at radius 2 is 0.544 bits per heavy atom. The van der Waals surface area contributed by atoms with Crippen LogP contribution in [0.2, 0.25) is 0 Å². The molecular formula is C109H148O27. The van der Waals surface area contributed by atoms with E-state index in [-0.39, 0.29) is 46.6 Å². The van der Waals surface area contributed by atoms with Crippen LogP contribution in [0.25, 0.3) is 0 Å². The van der Waals surface area contributed by atoms with E-state index in [1.165, 1.54) is 150 Å². The lowest BCUT2D eigenvalue weighted by molar-refractivity contribution is -0.342. The van der Waals surface area contributed by atoms with Crippen LogP contribution in [0.15, 0.2) is 182 Å². The Labute approximate surface area is 804 Å². The molecule has 6 aromatic rings. The van der Waals surface area contributed by atoms with Crippen molar-refractivity contribution in [1.82, 2.24) is 0 Å².